The zero-order valence-electron chi connectivity index (χ0n) is 11.4. The van der Waals surface area contributed by atoms with E-state index < -0.39 is 10.0 Å². The van der Waals surface area contributed by atoms with E-state index in [1.807, 2.05) is 20.8 Å². The number of nitrogens with one attached hydrogen (secondary N) is 1. The number of rotatable bonds is 5. The number of nitrogens with zero attached hydrogens (tertiary/aromatic N) is 3. The van der Waals surface area contributed by atoms with Crippen LogP contribution in [0.4, 0.5) is 5.13 Å². The van der Waals surface area contributed by atoms with E-state index in [1.165, 1.54) is 29.9 Å². The predicted octanol–water partition coefficient (Wildman–Crippen LogP) is 1.14. The van der Waals surface area contributed by atoms with Crippen LogP contribution in [-0.4, -0.2) is 48.5 Å². The van der Waals surface area contributed by atoms with E-state index in [1.54, 1.807) is 0 Å². The standard InChI is InChI=1S/C10H20N4O2S2/c1-10(2,3)8-12-9(17-13-8)11-6-7-18(15,16)14(4)5/h6-7H2,1-5H3,(H,11,12,13). The maximum absolute atomic E-state index is 11.5. The van der Waals surface area contributed by atoms with Crippen molar-refractivity contribution in [1.29, 1.82) is 0 Å². The highest BCUT2D eigenvalue weighted by Crippen LogP contribution is 2.22. The second-order valence-corrected chi connectivity index (χ2v) is 8.25. The molecule has 0 atom stereocenters. The smallest absolute Gasteiger partial charge is 0.215 e. The first-order chi connectivity index (χ1) is 8.13. The van der Waals surface area contributed by atoms with Gasteiger partial charge < -0.3 is 5.32 Å². The van der Waals surface area contributed by atoms with Crippen LogP contribution < -0.4 is 5.32 Å². The molecule has 0 aromatic carbocycles. The molecule has 1 aromatic heterocycles. The predicted molar refractivity (Wildman–Crippen MR) is 74.6 cm³/mol. The molecule has 18 heavy (non-hydrogen) atoms. The number of anilines is 1. The van der Waals surface area contributed by atoms with Crippen LogP contribution in [-0.2, 0) is 15.4 Å². The first kappa shape index (κ1) is 15.3. The number of sulfonamides is 1. The molecule has 0 unspecified atom stereocenters. The van der Waals surface area contributed by atoms with E-state index in [-0.39, 0.29) is 11.2 Å². The Hall–Kier alpha value is -0.730. The Morgan fingerprint density at radius 2 is 1.94 bits per heavy atom. The summed E-state index contributed by atoms with van der Waals surface area (Å²) in [5.41, 5.74) is -0.0911. The monoisotopic (exact) mass is 292 g/mol. The Labute approximate surface area is 113 Å². The molecule has 0 spiro atoms. The van der Waals surface area contributed by atoms with Crippen molar-refractivity contribution in [1.82, 2.24) is 13.7 Å². The van der Waals surface area contributed by atoms with Gasteiger partial charge in [0, 0.05) is 37.6 Å². The van der Waals surface area contributed by atoms with Crippen LogP contribution in [0.25, 0.3) is 0 Å². The topological polar surface area (TPSA) is 75.2 Å². The Bertz CT molecular complexity index is 488. The van der Waals surface area contributed by atoms with E-state index >= 15 is 0 Å². The minimum atomic E-state index is -3.16. The van der Waals surface area contributed by atoms with E-state index in [9.17, 15) is 8.42 Å². The summed E-state index contributed by atoms with van der Waals surface area (Å²) in [5, 5.41) is 3.65. The van der Waals surface area contributed by atoms with Crippen molar-refractivity contribution in [2.45, 2.75) is 26.2 Å². The van der Waals surface area contributed by atoms with Crippen molar-refractivity contribution in [3.8, 4) is 0 Å². The van der Waals surface area contributed by atoms with Crippen molar-refractivity contribution in [3.05, 3.63) is 5.82 Å². The lowest BCUT2D eigenvalue weighted by Gasteiger charge is -2.12. The van der Waals surface area contributed by atoms with Gasteiger partial charge in [0.05, 0.1) is 5.75 Å². The van der Waals surface area contributed by atoms with Gasteiger partial charge in [-0.15, -0.1) is 0 Å². The number of hydrogen-bond acceptors (Lipinski definition) is 6. The van der Waals surface area contributed by atoms with Gasteiger partial charge in [-0.05, 0) is 0 Å². The van der Waals surface area contributed by atoms with Crippen molar-refractivity contribution in [3.63, 3.8) is 0 Å². The van der Waals surface area contributed by atoms with E-state index in [0.717, 1.165) is 5.82 Å². The van der Waals surface area contributed by atoms with Gasteiger partial charge in [-0.1, -0.05) is 20.8 Å². The third-order valence-electron chi connectivity index (χ3n) is 2.29. The highest BCUT2D eigenvalue weighted by atomic mass is 32.2. The van der Waals surface area contributed by atoms with Crippen LogP contribution in [0.2, 0.25) is 0 Å². The molecule has 1 N–H and O–H groups in total. The van der Waals surface area contributed by atoms with Gasteiger partial charge in [0.15, 0.2) is 0 Å². The average Bonchev–Trinajstić information content (AvgIpc) is 2.65. The summed E-state index contributed by atoms with van der Waals surface area (Å²) in [7, 11) is -0.111. The van der Waals surface area contributed by atoms with Crippen molar-refractivity contribution in [2.75, 3.05) is 31.7 Å². The number of aromatic nitrogens is 2. The molecule has 104 valence electrons. The van der Waals surface area contributed by atoms with E-state index in [4.69, 9.17) is 0 Å². The summed E-state index contributed by atoms with van der Waals surface area (Å²) >= 11 is 1.25. The first-order valence-corrected chi connectivity index (χ1v) is 7.99. The van der Waals surface area contributed by atoms with Crippen molar-refractivity contribution in [2.24, 2.45) is 0 Å². The fourth-order valence-corrected chi connectivity index (χ4v) is 2.58. The molecule has 0 bridgehead atoms. The van der Waals surface area contributed by atoms with Crippen LogP contribution in [0.1, 0.15) is 26.6 Å². The molecule has 1 heterocycles. The van der Waals surface area contributed by atoms with Gasteiger partial charge in [0.1, 0.15) is 5.82 Å². The van der Waals surface area contributed by atoms with Gasteiger partial charge in [-0.2, -0.15) is 4.37 Å². The fraction of sp³-hybridized carbons (Fsp3) is 0.800. The largest absolute Gasteiger partial charge is 0.359 e. The Morgan fingerprint density at radius 1 is 1.33 bits per heavy atom. The SMILES string of the molecule is CN(C)S(=O)(=O)CCNc1nc(C(C)(C)C)ns1. The van der Waals surface area contributed by atoms with Gasteiger partial charge >= 0.3 is 0 Å². The summed E-state index contributed by atoms with van der Waals surface area (Å²) in [4.78, 5) is 4.33. The van der Waals surface area contributed by atoms with E-state index in [2.05, 4.69) is 14.7 Å². The maximum atomic E-state index is 11.5. The Kier molecular flexibility index (Phi) is 4.68. The van der Waals surface area contributed by atoms with Crippen LogP contribution in [0.15, 0.2) is 0 Å². The minimum Gasteiger partial charge on any atom is -0.359 e. The molecule has 0 radical (unpaired) electrons. The zero-order chi connectivity index (χ0) is 14.0. The van der Waals surface area contributed by atoms with Crippen LogP contribution in [0.3, 0.4) is 0 Å². The molecule has 0 aliphatic heterocycles. The lowest BCUT2D eigenvalue weighted by Crippen LogP contribution is -2.28. The van der Waals surface area contributed by atoms with Crippen LogP contribution in [0, 0.1) is 0 Å². The zero-order valence-corrected chi connectivity index (χ0v) is 13.0. The highest BCUT2D eigenvalue weighted by Gasteiger charge is 2.19. The van der Waals surface area contributed by atoms with Crippen LogP contribution >= 0.6 is 11.5 Å². The van der Waals surface area contributed by atoms with Gasteiger partial charge in [0.25, 0.3) is 0 Å². The third kappa shape index (κ3) is 4.18. The van der Waals surface area contributed by atoms with Gasteiger partial charge in [0.2, 0.25) is 15.2 Å². The molecular weight excluding hydrogens is 272 g/mol. The van der Waals surface area contributed by atoms with Gasteiger partial charge in [-0.3, -0.25) is 0 Å². The van der Waals surface area contributed by atoms with Gasteiger partial charge in [-0.25, -0.2) is 17.7 Å². The lowest BCUT2D eigenvalue weighted by atomic mass is 9.96. The minimum absolute atomic E-state index is 0.0461. The maximum Gasteiger partial charge on any atom is 0.215 e. The van der Waals surface area contributed by atoms with E-state index in [0.29, 0.717) is 11.7 Å². The molecular formula is C10H20N4O2S2. The lowest BCUT2D eigenvalue weighted by molar-refractivity contribution is 0.521. The molecule has 0 aliphatic carbocycles. The fourth-order valence-electron chi connectivity index (χ4n) is 1.07. The summed E-state index contributed by atoms with van der Waals surface area (Å²) in [6.07, 6.45) is 0. The normalized spacial score (nSPS) is 13.0. The van der Waals surface area contributed by atoms with Crippen molar-refractivity contribution < 1.29 is 8.42 Å². The summed E-state index contributed by atoms with van der Waals surface area (Å²) in [6.45, 7) is 6.44. The molecule has 0 amide bonds. The molecule has 8 heteroatoms. The molecule has 1 aromatic rings. The quantitative estimate of drug-likeness (QED) is 0.881. The summed E-state index contributed by atoms with van der Waals surface area (Å²) in [5.74, 6) is 0.815. The summed E-state index contributed by atoms with van der Waals surface area (Å²) in [6, 6.07) is 0. The average molecular weight is 292 g/mol. The number of hydrogen-bond donors (Lipinski definition) is 1. The summed E-state index contributed by atoms with van der Waals surface area (Å²) < 4.78 is 28.5. The Balaban J connectivity index is 2.53. The molecule has 6 nitrogen and oxygen atoms in total. The highest BCUT2D eigenvalue weighted by molar-refractivity contribution is 7.89. The van der Waals surface area contributed by atoms with Crippen LogP contribution in [0.5, 0.6) is 0 Å². The first-order valence-electron chi connectivity index (χ1n) is 5.61. The molecule has 1 rings (SSSR count). The molecule has 0 aliphatic rings. The molecule has 0 fully saturated rings. The molecule has 0 saturated heterocycles. The molecule has 0 saturated carbocycles. The Morgan fingerprint density at radius 3 is 2.39 bits per heavy atom. The second kappa shape index (κ2) is 5.50. The second-order valence-electron chi connectivity index (χ2n) is 5.20. The third-order valence-corrected chi connectivity index (χ3v) is 4.79. The van der Waals surface area contributed by atoms with Crippen molar-refractivity contribution >= 4 is 26.7 Å².